The van der Waals surface area contributed by atoms with Crippen molar-refractivity contribution in [1.29, 1.82) is 0 Å². The molecular formula is C37H39N7O3. The summed E-state index contributed by atoms with van der Waals surface area (Å²) in [7, 11) is 1.48. The van der Waals surface area contributed by atoms with Gasteiger partial charge < -0.3 is 25.3 Å². The molecule has 4 aliphatic rings. The quantitative estimate of drug-likeness (QED) is 0.163. The highest BCUT2D eigenvalue weighted by Gasteiger charge is 2.56. The van der Waals surface area contributed by atoms with Gasteiger partial charge in [-0.15, -0.1) is 0 Å². The molecule has 7 atom stereocenters. The van der Waals surface area contributed by atoms with Gasteiger partial charge in [0.15, 0.2) is 0 Å². The number of likely N-dealkylation sites (tertiary alicyclic amines) is 1. The molecule has 10 heteroatoms. The van der Waals surface area contributed by atoms with E-state index in [1.54, 1.807) is 0 Å². The van der Waals surface area contributed by atoms with Crippen molar-refractivity contribution in [3.8, 4) is 22.4 Å². The number of aromatic amines is 2. The molecule has 9 rings (SSSR count). The number of amides is 2. The van der Waals surface area contributed by atoms with E-state index in [4.69, 9.17) is 9.97 Å². The highest BCUT2D eigenvalue weighted by Crippen LogP contribution is 2.53. The number of likely N-dealkylation sites (N-methyl/N-ethyl adjacent to an activating group) is 1. The molecule has 3 aromatic carbocycles. The van der Waals surface area contributed by atoms with E-state index in [2.05, 4.69) is 69.9 Å². The first-order chi connectivity index (χ1) is 22.7. The molecule has 0 bridgehead atoms. The van der Waals surface area contributed by atoms with E-state index in [0.29, 0.717) is 18.0 Å². The number of fused-ring (bicyclic) bond motifs is 4. The first kappa shape index (κ1) is 28.5. The van der Waals surface area contributed by atoms with Crippen LogP contribution in [0.2, 0.25) is 0 Å². The van der Waals surface area contributed by atoms with Crippen LogP contribution in [0.25, 0.3) is 44.2 Å². The number of nitrogens with zero attached hydrogens (tertiary/aromatic N) is 4. The van der Waals surface area contributed by atoms with E-state index in [1.807, 2.05) is 24.9 Å². The Morgan fingerprint density at radius 3 is 2.38 bits per heavy atom. The number of carbonyl (C=O) groups excluding carboxylic acids is 1. The highest BCUT2D eigenvalue weighted by atomic mass is 16.4. The van der Waals surface area contributed by atoms with Crippen molar-refractivity contribution in [3.05, 3.63) is 72.4 Å². The van der Waals surface area contributed by atoms with Crippen LogP contribution in [0, 0.1) is 17.8 Å². The molecule has 2 saturated carbocycles. The summed E-state index contributed by atoms with van der Waals surface area (Å²) in [5, 5.41) is 15.6. The Morgan fingerprint density at radius 1 is 0.894 bits per heavy atom. The number of imidazole rings is 2. The molecular weight excluding hydrogens is 590 g/mol. The molecule has 10 nitrogen and oxygen atoms in total. The molecule has 2 aliphatic heterocycles. The molecule has 2 aromatic heterocycles. The summed E-state index contributed by atoms with van der Waals surface area (Å²) in [6.07, 6.45) is 5.05. The Bertz CT molecular complexity index is 2060. The van der Waals surface area contributed by atoms with Gasteiger partial charge in [0, 0.05) is 24.7 Å². The summed E-state index contributed by atoms with van der Waals surface area (Å²) >= 11 is 0. The lowest BCUT2D eigenvalue weighted by Crippen LogP contribution is -2.52. The van der Waals surface area contributed by atoms with Crippen molar-refractivity contribution >= 4 is 33.8 Å². The molecule has 0 unspecified atom stereocenters. The van der Waals surface area contributed by atoms with Crippen LogP contribution >= 0.6 is 0 Å². The Balaban J connectivity index is 0.952. The number of H-pyrrole nitrogens is 2. The van der Waals surface area contributed by atoms with Gasteiger partial charge in [-0.2, -0.15) is 0 Å². The molecule has 4 heterocycles. The third-order valence-electron chi connectivity index (χ3n) is 11.1. The Hall–Kier alpha value is -4.70. The zero-order chi connectivity index (χ0) is 32.1. The Kier molecular flexibility index (Phi) is 6.31. The third-order valence-corrected chi connectivity index (χ3v) is 11.1. The van der Waals surface area contributed by atoms with Gasteiger partial charge in [0.05, 0.1) is 35.0 Å². The molecule has 5 aromatic rings. The van der Waals surface area contributed by atoms with Gasteiger partial charge in [-0.1, -0.05) is 44.2 Å². The SMILES string of the molecule is CC(C)[C@@H](C(=O)N1[C@@H]2C[C@@H]2C[C@H]1c1ncc(-c2ccc3cc(-c4ccc5nc([C@@H]6C[C@H]7C[C@H]7N6)[nH]c5c4)ccc3c2)[nH]1)N(C)C(=O)O. The molecule has 47 heavy (non-hydrogen) atoms. The Morgan fingerprint density at radius 2 is 1.64 bits per heavy atom. The van der Waals surface area contributed by atoms with Crippen LogP contribution in [-0.4, -0.2) is 72.0 Å². The third kappa shape index (κ3) is 4.80. The minimum Gasteiger partial charge on any atom is -0.465 e. The molecule has 2 amide bonds. The van der Waals surface area contributed by atoms with Crippen molar-refractivity contribution in [2.75, 3.05) is 7.05 Å². The average Bonchev–Trinajstić information content (AvgIpc) is 3.65. The summed E-state index contributed by atoms with van der Waals surface area (Å²) in [6, 6.07) is 19.7. The Labute approximate surface area is 272 Å². The maximum atomic E-state index is 13.8. The lowest BCUT2D eigenvalue weighted by Gasteiger charge is -2.35. The van der Waals surface area contributed by atoms with E-state index in [9.17, 15) is 14.7 Å². The van der Waals surface area contributed by atoms with Crippen LogP contribution in [0.3, 0.4) is 0 Å². The van der Waals surface area contributed by atoms with E-state index >= 15 is 0 Å². The average molecular weight is 630 g/mol. The van der Waals surface area contributed by atoms with Gasteiger partial charge in [-0.25, -0.2) is 14.8 Å². The monoisotopic (exact) mass is 629 g/mol. The van der Waals surface area contributed by atoms with E-state index in [1.165, 1.54) is 19.9 Å². The van der Waals surface area contributed by atoms with Crippen LogP contribution in [0.1, 0.15) is 63.3 Å². The maximum Gasteiger partial charge on any atom is 0.407 e. The number of hydrogen-bond acceptors (Lipinski definition) is 5. The highest BCUT2D eigenvalue weighted by molar-refractivity contribution is 5.92. The number of carboxylic acid groups (broad SMARTS) is 1. The van der Waals surface area contributed by atoms with Gasteiger partial charge in [0.2, 0.25) is 5.91 Å². The summed E-state index contributed by atoms with van der Waals surface area (Å²) in [5.74, 6) is 2.81. The standard InChI is InChI=1S/C37H39N7O3/c1-18(2)33(43(3)37(46)47)36(45)44-31-15-25(31)16-32(44)35-38-17-30(42-35)23-7-6-19-10-20(4-5-21(19)11-23)22-8-9-26-28(12-22)41-34(40-26)29-14-24-13-27(24)39-29/h4-12,17-18,24-25,27,29,31-33,39H,13-16H2,1-3H3,(H,38,42)(H,40,41)(H,46,47)/t24-,25-,27-,29+,31-,32+,33+/m1/s1. The van der Waals surface area contributed by atoms with E-state index < -0.39 is 12.1 Å². The number of rotatable bonds is 7. The zero-order valence-electron chi connectivity index (χ0n) is 26.8. The van der Waals surface area contributed by atoms with Gasteiger partial charge in [0.1, 0.15) is 17.7 Å². The number of carbonyl (C=O) groups is 2. The molecule has 4 fully saturated rings. The van der Waals surface area contributed by atoms with Crippen LogP contribution < -0.4 is 5.32 Å². The summed E-state index contributed by atoms with van der Waals surface area (Å²) < 4.78 is 0. The zero-order valence-corrected chi connectivity index (χ0v) is 26.8. The van der Waals surface area contributed by atoms with E-state index in [0.717, 1.165) is 79.5 Å². The number of nitrogens with one attached hydrogen (secondary N) is 3. The lowest BCUT2D eigenvalue weighted by molar-refractivity contribution is -0.139. The number of hydrogen-bond donors (Lipinski definition) is 4. The summed E-state index contributed by atoms with van der Waals surface area (Å²) in [5.41, 5.74) is 6.31. The van der Waals surface area contributed by atoms with Crippen LogP contribution in [0.15, 0.2) is 60.8 Å². The largest absolute Gasteiger partial charge is 0.465 e. The summed E-state index contributed by atoms with van der Waals surface area (Å²) in [6.45, 7) is 3.80. The second-order valence-electron chi connectivity index (χ2n) is 14.5. The lowest BCUT2D eigenvalue weighted by atomic mass is 9.99. The van der Waals surface area contributed by atoms with Gasteiger partial charge in [-0.3, -0.25) is 9.69 Å². The first-order valence-corrected chi connectivity index (χ1v) is 16.8. The topological polar surface area (TPSA) is 130 Å². The van der Waals surface area contributed by atoms with Crippen molar-refractivity contribution in [3.63, 3.8) is 0 Å². The fourth-order valence-electron chi connectivity index (χ4n) is 8.34. The summed E-state index contributed by atoms with van der Waals surface area (Å²) in [4.78, 5) is 45.4. The smallest absolute Gasteiger partial charge is 0.407 e. The van der Waals surface area contributed by atoms with Crippen molar-refractivity contribution in [1.82, 2.24) is 35.1 Å². The fourth-order valence-corrected chi connectivity index (χ4v) is 8.34. The van der Waals surface area contributed by atoms with Crippen molar-refractivity contribution in [2.45, 2.75) is 69.7 Å². The van der Waals surface area contributed by atoms with Crippen molar-refractivity contribution in [2.24, 2.45) is 17.8 Å². The predicted octanol–water partition coefficient (Wildman–Crippen LogP) is 6.49. The normalized spacial score (nSPS) is 26.5. The molecule has 2 saturated heterocycles. The minimum atomic E-state index is -1.09. The fraction of sp³-hybridized carbons (Fsp3) is 0.405. The molecule has 240 valence electrons. The molecule has 0 spiro atoms. The first-order valence-electron chi connectivity index (χ1n) is 16.8. The number of benzene rings is 3. The van der Waals surface area contributed by atoms with Gasteiger partial charge >= 0.3 is 6.09 Å². The number of aromatic nitrogens is 4. The van der Waals surface area contributed by atoms with Crippen LogP contribution in [0.5, 0.6) is 0 Å². The van der Waals surface area contributed by atoms with Crippen LogP contribution in [-0.2, 0) is 4.79 Å². The molecule has 2 aliphatic carbocycles. The van der Waals surface area contributed by atoms with Crippen molar-refractivity contribution < 1.29 is 14.7 Å². The van der Waals surface area contributed by atoms with E-state index in [-0.39, 0.29) is 23.9 Å². The predicted molar refractivity (Wildman–Crippen MR) is 180 cm³/mol. The van der Waals surface area contributed by atoms with Gasteiger partial charge in [-0.05, 0) is 89.6 Å². The number of piperidine rings is 2. The molecule has 4 N–H and O–H groups in total. The van der Waals surface area contributed by atoms with Crippen LogP contribution in [0.4, 0.5) is 4.79 Å². The van der Waals surface area contributed by atoms with Gasteiger partial charge in [0.25, 0.3) is 0 Å². The molecule has 0 radical (unpaired) electrons. The second-order valence-corrected chi connectivity index (χ2v) is 14.5. The minimum absolute atomic E-state index is 0.131. The second kappa shape index (κ2) is 10.4. The maximum absolute atomic E-state index is 13.8.